The minimum absolute atomic E-state index is 0.0848. The van der Waals surface area contributed by atoms with Crippen LogP contribution in [0.25, 0.3) is 33.1 Å². The van der Waals surface area contributed by atoms with Gasteiger partial charge in [-0.2, -0.15) is 0 Å². The summed E-state index contributed by atoms with van der Waals surface area (Å²) in [5.74, 6) is -0.0848. The van der Waals surface area contributed by atoms with Crippen molar-refractivity contribution in [2.24, 2.45) is 14.1 Å². The van der Waals surface area contributed by atoms with E-state index in [4.69, 9.17) is 23.2 Å². The van der Waals surface area contributed by atoms with Crippen LogP contribution in [0.4, 0.5) is 0 Å². The Morgan fingerprint density at radius 3 is 2.35 bits per heavy atom. The lowest BCUT2D eigenvalue weighted by atomic mass is 10.0. The zero-order valence-corrected chi connectivity index (χ0v) is 19.1. The molecule has 0 spiro atoms. The number of aryl methyl sites for hydroxylation is 2. The summed E-state index contributed by atoms with van der Waals surface area (Å²) in [7, 11) is 7.37. The van der Waals surface area contributed by atoms with Crippen LogP contribution < -0.4 is 5.56 Å². The first kappa shape index (κ1) is 21.2. The van der Waals surface area contributed by atoms with Gasteiger partial charge < -0.3 is 9.47 Å². The van der Waals surface area contributed by atoms with Crippen LogP contribution in [0.1, 0.15) is 10.4 Å². The predicted octanol–water partition coefficient (Wildman–Crippen LogP) is 5.26. The Hall–Kier alpha value is -3.02. The molecule has 2 aromatic carbocycles. The van der Waals surface area contributed by atoms with Crippen LogP contribution in [0.3, 0.4) is 0 Å². The van der Waals surface area contributed by atoms with Gasteiger partial charge in [-0.25, -0.2) is 0 Å². The number of hydrogen-bond acceptors (Lipinski definition) is 3. The number of fused-ring (bicyclic) bond motifs is 3. The highest BCUT2D eigenvalue weighted by Gasteiger charge is 2.18. The minimum Gasteiger partial charge on any atom is -0.383 e. The van der Waals surface area contributed by atoms with E-state index < -0.39 is 0 Å². The fourth-order valence-corrected chi connectivity index (χ4v) is 4.37. The van der Waals surface area contributed by atoms with Crippen molar-refractivity contribution in [2.75, 3.05) is 14.1 Å². The predicted molar refractivity (Wildman–Crippen MR) is 128 cm³/mol. The zero-order chi connectivity index (χ0) is 22.4. The molecule has 0 unspecified atom stereocenters. The molecule has 2 aromatic heterocycles. The number of aromatic nitrogens is 2. The monoisotopic (exact) mass is 453 g/mol. The molecule has 0 aliphatic rings. The molecule has 4 aromatic rings. The fourth-order valence-electron chi connectivity index (χ4n) is 3.86. The largest absolute Gasteiger partial charge is 0.383 e. The van der Waals surface area contributed by atoms with Crippen molar-refractivity contribution in [1.29, 1.82) is 0 Å². The average molecular weight is 454 g/mol. The normalized spacial score (nSPS) is 11.7. The van der Waals surface area contributed by atoms with E-state index in [0.717, 1.165) is 21.9 Å². The van der Waals surface area contributed by atoms with E-state index in [9.17, 15) is 9.59 Å². The van der Waals surface area contributed by atoms with Gasteiger partial charge in [0.15, 0.2) is 5.78 Å². The highest BCUT2D eigenvalue weighted by molar-refractivity contribution is 6.36. The van der Waals surface area contributed by atoms with Crippen molar-refractivity contribution in [1.82, 2.24) is 14.0 Å². The fraction of sp³-hybridized carbons (Fsp3) is 0.167. The highest BCUT2D eigenvalue weighted by atomic mass is 35.5. The summed E-state index contributed by atoms with van der Waals surface area (Å²) < 4.78 is 3.58. The van der Waals surface area contributed by atoms with Crippen LogP contribution in [0.2, 0.25) is 10.0 Å². The second-order valence-electron chi connectivity index (χ2n) is 7.72. The molecule has 4 rings (SSSR count). The summed E-state index contributed by atoms with van der Waals surface area (Å²) in [5, 5.41) is 2.68. The summed E-state index contributed by atoms with van der Waals surface area (Å²) in [5.41, 5.74) is 3.21. The number of hydrogen-bond donors (Lipinski definition) is 0. The number of carbonyl (C=O) groups is 1. The average Bonchev–Trinajstić information content (AvgIpc) is 3.00. The molecule has 0 aliphatic heterocycles. The Morgan fingerprint density at radius 1 is 0.935 bits per heavy atom. The van der Waals surface area contributed by atoms with Crippen LogP contribution in [0.5, 0.6) is 0 Å². The number of carbonyl (C=O) groups excluding carboxylic acids is 1. The Morgan fingerprint density at radius 2 is 1.68 bits per heavy atom. The van der Waals surface area contributed by atoms with Crippen LogP contribution in [0.15, 0.2) is 59.5 Å². The van der Waals surface area contributed by atoms with Crippen molar-refractivity contribution in [3.05, 3.63) is 80.7 Å². The van der Waals surface area contributed by atoms with Gasteiger partial charge in [0, 0.05) is 73.0 Å². The van der Waals surface area contributed by atoms with E-state index in [0.29, 0.717) is 26.7 Å². The minimum atomic E-state index is -0.159. The Kier molecular flexibility index (Phi) is 5.42. The molecule has 0 bridgehead atoms. The van der Waals surface area contributed by atoms with Crippen molar-refractivity contribution in [3.63, 3.8) is 0 Å². The second kappa shape index (κ2) is 7.91. The molecule has 0 N–H and O–H groups in total. The first-order valence-corrected chi connectivity index (χ1v) is 10.4. The maximum absolute atomic E-state index is 13.2. The molecule has 158 valence electrons. The molecule has 2 heterocycles. The lowest BCUT2D eigenvalue weighted by molar-refractivity contribution is 0.104. The highest BCUT2D eigenvalue weighted by Crippen LogP contribution is 2.33. The third kappa shape index (κ3) is 3.64. The molecule has 0 atom stereocenters. The van der Waals surface area contributed by atoms with Crippen LogP contribution in [-0.2, 0) is 14.1 Å². The van der Waals surface area contributed by atoms with Gasteiger partial charge in [-0.15, -0.1) is 0 Å². The van der Waals surface area contributed by atoms with Gasteiger partial charge in [0.2, 0.25) is 0 Å². The quantitative estimate of drug-likeness (QED) is 0.312. The van der Waals surface area contributed by atoms with Crippen LogP contribution in [-0.4, -0.2) is 33.9 Å². The van der Waals surface area contributed by atoms with Gasteiger partial charge >= 0.3 is 0 Å². The molecule has 0 fully saturated rings. The Bertz CT molecular complexity index is 1450. The van der Waals surface area contributed by atoms with Gasteiger partial charge in [-0.1, -0.05) is 29.3 Å². The molecule has 0 saturated carbocycles. The SMILES string of the molecule is CN(C)C=CC(=O)c1ccc2c(c1)c1cc(-c3ccc(Cl)cc3Cl)c(=O)n(C)c1n2C. The first-order valence-electron chi connectivity index (χ1n) is 9.65. The van der Waals surface area contributed by atoms with E-state index in [2.05, 4.69) is 0 Å². The van der Waals surface area contributed by atoms with E-state index in [1.54, 1.807) is 48.2 Å². The van der Waals surface area contributed by atoms with Gasteiger partial charge in [-0.05, 0) is 36.4 Å². The lowest BCUT2D eigenvalue weighted by Crippen LogP contribution is -2.20. The summed E-state index contributed by atoms with van der Waals surface area (Å²) in [6.07, 6.45) is 3.26. The van der Waals surface area contributed by atoms with Crippen molar-refractivity contribution >= 4 is 50.9 Å². The number of pyridine rings is 1. The summed E-state index contributed by atoms with van der Waals surface area (Å²) in [6.45, 7) is 0. The van der Waals surface area contributed by atoms with Crippen molar-refractivity contribution in [2.45, 2.75) is 0 Å². The number of halogens is 2. The van der Waals surface area contributed by atoms with E-state index >= 15 is 0 Å². The zero-order valence-electron chi connectivity index (χ0n) is 17.6. The van der Waals surface area contributed by atoms with Crippen LogP contribution in [0, 0.1) is 0 Å². The summed E-state index contributed by atoms with van der Waals surface area (Å²) in [4.78, 5) is 27.6. The molecule has 31 heavy (non-hydrogen) atoms. The summed E-state index contributed by atoms with van der Waals surface area (Å²) in [6, 6.07) is 12.5. The molecule has 0 radical (unpaired) electrons. The molecular weight excluding hydrogens is 433 g/mol. The molecule has 5 nitrogen and oxygen atoms in total. The third-order valence-electron chi connectivity index (χ3n) is 5.38. The van der Waals surface area contributed by atoms with E-state index in [1.165, 1.54) is 0 Å². The van der Waals surface area contributed by atoms with E-state index in [1.807, 2.05) is 48.8 Å². The molecule has 0 saturated heterocycles. The summed E-state index contributed by atoms with van der Waals surface area (Å²) >= 11 is 12.4. The smallest absolute Gasteiger partial charge is 0.259 e. The number of nitrogens with zero attached hydrogens (tertiary/aromatic N) is 3. The maximum Gasteiger partial charge on any atom is 0.259 e. The number of ketones is 1. The topological polar surface area (TPSA) is 47.2 Å². The molecule has 7 heteroatoms. The first-order chi connectivity index (χ1) is 14.7. The van der Waals surface area contributed by atoms with Crippen molar-refractivity contribution in [3.8, 4) is 11.1 Å². The second-order valence-corrected chi connectivity index (χ2v) is 8.56. The lowest BCUT2D eigenvalue weighted by Gasteiger charge is -2.09. The van der Waals surface area contributed by atoms with Crippen molar-refractivity contribution < 1.29 is 4.79 Å². The number of benzene rings is 2. The Labute approximate surface area is 189 Å². The maximum atomic E-state index is 13.2. The number of allylic oxidation sites excluding steroid dienone is 1. The van der Waals surface area contributed by atoms with Gasteiger partial charge in [0.25, 0.3) is 5.56 Å². The third-order valence-corrected chi connectivity index (χ3v) is 5.93. The molecular formula is C24H21Cl2N3O2. The van der Waals surface area contributed by atoms with Gasteiger partial charge in [-0.3, -0.25) is 14.2 Å². The molecule has 0 aliphatic carbocycles. The Balaban J connectivity index is 2.01. The van der Waals surface area contributed by atoms with Crippen LogP contribution >= 0.6 is 23.2 Å². The van der Waals surface area contributed by atoms with Gasteiger partial charge in [0.1, 0.15) is 5.65 Å². The van der Waals surface area contributed by atoms with E-state index in [-0.39, 0.29) is 11.3 Å². The number of rotatable bonds is 4. The van der Waals surface area contributed by atoms with Gasteiger partial charge in [0.05, 0.1) is 10.5 Å². The molecule has 0 amide bonds. The standard InChI is InChI=1S/C24H21Cl2N3O2/c1-27(2)10-9-22(30)14-5-8-21-17(11-14)18-13-19(16-7-6-15(25)12-20(16)26)24(31)29(4)23(18)28(21)3/h5-13H,1-4H3.